The molecule has 0 aliphatic rings. The molecule has 0 aliphatic carbocycles. The number of allylic oxidation sites excluding steroid dienone is 1. The van der Waals surface area contributed by atoms with Crippen molar-refractivity contribution in [2.75, 3.05) is 0 Å². The van der Waals surface area contributed by atoms with Crippen LogP contribution in [0.5, 0.6) is 0 Å². The van der Waals surface area contributed by atoms with Crippen LogP contribution in [0.15, 0.2) is 12.7 Å². The third-order valence-electron chi connectivity index (χ3n) is 4.65. The van der Waals surface area contributed by atoms with Crippen LogP contribution in [0.4, 0.5) is 0 Å². The first-order valence-electron chi connectivity index (χ1n) is 6.67. The number of hydrogen-bond acceptors (Lipinski definition) is 0. The highest BCUT2D eigenvalue weighted by Gasteiger charge is 2.38. The second-order valence-electron chi connectivity index (χ2n) is 6.40. The van der Waals surface area contributed by atoms with Crippen molar-refractivity contribution in [2.45, 2.75) is 73.6 Å². The summed E-state index contributed by atoms with van der Waals surface area (Å²) in [4.78, 5) is 0. The van der Waals surface area contributed by atoms with Gasteiger partial charge in [-0.2, -0.15) is 0 Å². The van der Waals surface area contributed by atoms with Gasteiger partial charge in [-0.15, -0.1) is 6.58 Å². The van der Waals surface area contributed by atoms with Crippen molar-refractivity contribution in [1.82, 2.24) is 0 Å². The predicted octanol–water partition coefficient (Wildman–Crippen LogP) is 5.79. The maximum atomic E-state index is 3.77. The second-order valence-corrected chi connectivity index (χ2v) is 6.40. The molecule has 0 nitrogen and oxygen atoms in total. The van der Waals surface area contributed by atoms with Crippen LogP contribution in [0, 0.1) is 16.7 Å². The van der Waals surface area contributed by atoms with Gasteiger partial charge in [0.15, 0.2) is 0 Å². The van der Waals surface area contributed by atoms with Crippen LogP contribution in [0.2, 0.25) is 0 Å². The molecule has 0 atom stereocenters. The van der Waals surface area contributed by atoms with Crippen LogP contribution in [-0.4, -0.2) is 0 Å². The summed E-state index contributed by atoms with van der Waals surface area (Å²) < 4.78 is 0. The molecular weight excluding hydrogens is 192 g/mol. The molecule has 1 radical (unpaired) electrons. The van der Waals surface area contributed by atoms with Gasteiger partial charge in [-0.3, -0.25) is 0 Å². The molecule has 0 aliphatic heterocycles. The van der Waals surface area contributed by atoms with E-state index in [1.165, 1.54) is 32.1 Å². The molecule has 95 valence electrons. The molecule has 0 amide bonds. The quantitative estimate of drug-likeness (QED) is 0.361. The van der Waals surface area contributed by atoms with Gasteiger partial charge in [0.2, 0.25) is 0 Å². The van der Waals surface area contributed by atoms with E-state index in [-0.39, 0.29) is 0 Å². The lowest BCUT2D eigenvalue weighted by molar-refractivity contribution is 0.111. The van der Waals surface area contributed by atoms with Crippen LogP contribution >= 0.6 is 0 Å². The smallest absolute Gasteiger partial charge is 0.0241 e. The van der Waals surface area contributed by atoms with Gasteiger partial charge in [0.25, 0.3) is 0 Å². The van der Waals surface area contributed by atoms with E-state index in [4.69, 9.17) is 0 Å². The van der Waals surface area contributed by atoms with E-state index < -0.39 is 0 Å². The third kappa shape index (κ3) is 4.31. The van der Waals surface area contributed by atoms with E-state index in [9.17, 15) is 0 Å². The summed E-state index contributed by atoms with van der Waals surface area (Å²) in [6.45, 7) is 17.9. The maximum Gasteiger partial charge on any atom is -0.0241 e. The Morgan fingerprint density at radius 3 is 2.00 bits per heavy atom. The molecular formula is C16H31. The van der Waals surface area contributed by atoms with Crippen molar-refractivity contribution in [3.8, 4) is 0 Å². The molecule has 0 aromatic rings. The molecule has 0 N–H and O–H groups in total. The minimum atomic E-state index is 0.339. The molecule has 0 fully saturated rings. The Morgan fingerprint density at radius 2 is 1.56 bits per heavy atom. The fourth-order valence-electron chi connectivity index (χ4n) is 2.02. The molecule has 0 aromatic heterocycles. The molecule has 0 unspecified atom stereocenters. The first-order valence-corrected chi connectivity index (χ1v) is 6.67. The minimum Gasteiger partial charge on any atom is -0.103 e. The van der Waals surface area contributed by atoms with Crippen LogP contribution < -0.4 is 0 Å². The van der Waals surface area contributed by atoms with Crippen LogP contribution in [0.1, 0.15) is 73.6 Å². The highest BCUT2D eigenvalue weighted by atomic mass is 14.4. The summed E-state index contributed by atoms with van der Waals surface area (Å²) in [7, 11) is 0. The summed E-state index contributed by atoms with van der Waals surface area (Å²) in [5, 5.41) is 0. The fraction of sp³-hybridized carbons (Fsp3) is 0.812. The monoisotopic (exact) mass is 223 g/mol. The zero-order valence-electron chi connectivity index (χ0n) is 12.3. The number of rotatable bonds is 8. The molecule has 0 heteroatoms. The van der Waals surface area contributed by atoms with E-state index in [0.29, 0.717) is 10.8 Å². The zero-order valence-corrected chi connectivity index (χ0v) is 12.3. The van der Waals surface area contributed by atoms with Crippen LogP contribution in [0.3, 0.4) is 0 Å². The Morgan fingerprint density at radius 1 is 1.00 bits per heavy atom. The summed E-state index contributed by atoms with van der Waals surface area (Å²) in [6.07, 6.45) is 8.50. The van der Waals surface area contributed by atoms with Crippen molar-refractivity contribution in [3.63, 3.8) is 0 Å². The van der Waals surface area contributed by atoms with Gasteiger partial charge in [-0.25, -0.2) is 0 Å². The third-order valence-corrected chi connectivity index (χ3v) is 4.65. The number of unbranched alkanes of at least 4 members (excludes halogenated alkanes) is 3. The van der Waals surface area contributed by atoms with Crippen molar-refractivity contribution < 1.29 is 0 Å². The Bertz CT molecular complexity index is 196. The lowest BCUT2D eigenvalue weighted by atomic mass is 9.60. The van der Waals surface area contributed by atoms with Gasteiger partial charge in [0, 0.05) is 0 Å². The summed E-state index contributed by atoms with van der Waals surface area (Å²) in [5.41, 5.74) is 0.742. The Labute approximate surface area is 104 Å². The molecule has 0 saturated heterocycles. The molecule has 0 spiro atoms. The van der Waals surface area contributed by atoms with E-state index >= 15 is 0 Å². The van der Waals surface area contributed by atoms with Gasteiger partial charge in [0.1, 0.15) is 0 Å². The second kappa shape index (κ2) is 6.47. The Kier molecular flexibility index (Phi) is 6.36. The zero-order chi connectivity index (χ0) is 12.8. The van der Waals surface area contributed by atoms with Crippen LogP contribution in [-0.2, 0) is 0 Å². The Hall–Kier alpha value is -0.260. The minimum absolute atomic E-state index is 0.339. The molecule has 0 aromatic carbocycles. The van der Waals surface area contributed by atoms with Gasteiger partial charge in [0.05, 0.1) is 0 Å². The SMILES string of the molecule is C=CCCCCCC(C)(C)C(C)(C)[C](C)C. The summed E-state index contributed by atoms with van der Waals surface area (Å²) in [6, 6.07) is 0. The first-order chi connectivity index (χ1) is 7.25. The predicted molar refractivity (Wildman–Crippen MR) is 75.4 cm³/mol. The van der Waals surface area contributed by atoms with Gasteiger partial charge < -0.3 is 0 Å². The highest BCUT2D eigenvalue weighted by molar-refractivity contribution is 5.02. The van der Waals surface area contributed by atoms with E-state index in [1.807, 2.05) is 6.08 Å². The standard InChI is InChI=1S/C16H31/c1-8-9-10-11-12-13-15(4,5)16(6,7)14(2)3/h8H,1,9-13H2,2-7H3. The topological polar surface area (TPSA) is 0 Å². The van der Waals surface area contributed by atoms with Gasteiger partial charge >= 0.3 is 0 Å². The summed E-state index contributed by atoms with van der Waals surface area (Å²) in [5.74, 6) is 1.54. The van der Waals surface area contributed by atoms with E-state index in [0.717, 1.165) is 0 Å². The van der Waals surface area contributed by atoms with Crippen LogP contribution in [0.25, 0.3) is 0 Å². The van der Waals surface area contributed by atoms with E-state index in [1.54, 1.807) is 5.92 Å². The van der Waals surface area contributed by atoms with Gasteiger partial charge in [-0.1, -0.05) is 60.5 Å². The lowest BCUT2D eigenvalue weighted by Crippen LogP contribution is -2.36. The van der Waals surface area contributed by atoms with Crippen molar-refractivity contribution >= 4 is 0 Å². The molecule has 0 rings (SSSR count). The first kappa shape index (κ1) is 15.7. The average Bonchev–Trinajstić information content (AvgIpc) is 2.16. The van der Waals surface area contributed by atoms with E-state index in [2.05, 4.69) is 48.1 Å². The summed E-state index contributed by atoms with van der Waals surface area (Å²) >= 11 is 0. The maximum absolute atomic E-state index is 3.77. The lowest BCUT2D eigenvalue weighted by Gasteiger charge is -2.45. The molecule has 0 bridgehead atoms. The number of hydrogen-bond donors (Lipinski definition) is 0. The Balaban J connectivity index is 4.08. The fourth-order valence-corrected chi connectivity index (χ4v) is 2.02. The van der Waals surface area contributed by atoms with Crippen molar-refractivity contribution in [3.05, 3.63) is 18.6 Å². The largest absolute Gasteiger partial charge is 0.103 e. The van der Waals surface area contributed by atoms with Gasteiger partial charge in [-0.05, 0) is 36.0 Å². The van der Waals surface area contributed by atoms with Crippen molar-refractivity contribution in [2.24, 2.45) is 10.8 Å². The molecule has 0 heterocycles. The normalized spacial score (nSPS) is 13.2. The average molecular weight is 223 g/mol. The molecule has 0 saturated carbocycles. The van der Waals surface area contributed by atoms with Crippen molar-refractivity contribution in [1.29, 1.82) is 0 Å². The molecule has 16 heavy (non-hydrogen) atoms. The highest BCUT2D eigenvalue weighted by Crippen LogP contribution is 2.48.